The first-order chi connectivity index (χ1) is 14.5. The van der Waals surface area contributed by atoms with Crippen molar-refractivity contribution in [1.29, 1.82) is 0 Å². The van der Waals surface area contributed by atoms with E-state index >= 15 is 0 Å². The Kier molecular flexibility index (Phi) is 7.22. The summed E-state index contributed by atoms with van der Waals surface area (Å²) >= 11 is 0. The lowest BCUT2D eigenvalue weighted by Crippen LogP contribution is -2.43. The molecule has 30 heavy (non-hydrogen) atoms. The molecule has 3 rings (SSSR count). The van der Waals surface area contributed by atoms with Crippen LogP contribution >= 0.6 is 0 Å². The van der Waals surface area contributed by atoms with Crippen molar-refractivity contribution in [1.82, 2.24) is 14.5 Å². The Morgan fingerprint density at radius 1 is 0.967 bits per heavy atom. The number of nitrogens with zero attached hydrogens (tertiary/aromatic N) is 2. The number of aromatic nitrogens is 2. The molecule has 0 aliphatic heterocycles. The highest BCUT2D eigenvalue weighted by Gasteiger charge is 2.15. The minimum absolute atomic E-state index is 0.105. The highest BCUT2D eigenvalue weighted by atomic mass is 16.2. The number of hydrogen-bond acceptors (Lipinski definition) is 3. The number of hydrogen-bond donors (Lipinski definition) is 1. The zero-order valence-electron chi connectivity index (χ0n) is 17.6. The molecular formula is C24H29N3O3. The fourth-order valence-corrected chi connectivity index (χ4v) is 3.47. The molecule has 0 saturated carbocycles. The average Bonchev–Trinajstić information content (AvgIpc) is 2.75. The maximum atomic E-state index is 13.0. The maximum Gasteiger partial charge on any atom is 0.331 e. The number of nitrogens with one attached hydrogen (secondary N) is 1. The fraction of sp³-hybridized carbons (Fsp3) is 0.375. The smallest absolute Gasteiger partial charge is 0.331 e. The Hall–Kier alpha value is -3.15. The van der Waals surface area contributed by atoms with Gasteiger partial charge in [0.05, 0.1) is 10.9 Å². The number of amides is 1. The molecule has 0 aliphatic rings. The predicted molar refractivity (Wildman–Crippen MR) is 120 cm³/mol. The van der Waals surface area contributed by atoms with Crippen molar-refractivity contribution in [3.8, 4) is 0 Å². The summed E-state index contributed by atoms with van der Waals surface area (Å²) in [5, 5.41) is 3.35. The molecule has 1 N–H and O–H groups in total. The number of rotatable bonds is 9. The van der Waals surface area contributed by atoms with Crippen LogP contribution in [0.15, 0.2) is 64.2 Å². The van der Waals surface area contributed by atoms with E-state index in [1.165, 1.54) is 14.7 Å². The standard InChI is InChI=1S/C24H29N3O3/c1-18(2)14-16-26-23(29)20-12-6-7-13-21(20)27(24(26)30)17-22(28)25-15-8-11-19-9-4-3-5-10-19/h3-7,9-10,12-13,18H,8,11,14-17H2,1-2H3,(H,25,28). The maximum absolute atomic E-state index is 13.0. The molecule has 0 bridgehead atoms. The number of carbonyl (C=O) groups excluding carboxylic acids is 1. The number of fused-ring (bicyclic) bond motifs is 1. The lowest BCUT2D eigenvalue weighted by atomic mass is 10.1. The molecule has 3 aromatic rings. The molecule has 1 amide bonds. The van der Waals surface area contributed by atoms with Gasteiger partial charge in [-0.1, -0.05) is 56.3 Å². The minimum Gasteiger partial charge on any atom is -0.355 e. The van der Waals surface area contributed by atoms with Crippen molar-refractivity contribution >= 4 is 16.8 Å². The summed E-state index contributed by atoms with van der Waals surface area (Å²) in [7, 11) is 0. The van der Waals surface area contributed by atoms with Crippen molar-refractivity contribution in [2.75, 3.05) is 6.54 Å². The molecule has 6 nitrogen and oxygen atoms in total. The van der Waals surface area contributed by atoms with Gasteiger partial charge in [0, 0.05) is 13.1 Å². The Labute approximate surface area is 176 Å². The molecule has 0 atom stereocenters. The summed E-state index contributed by atoms with van der Waals surface area (Å²) in [6.07, 6.45) is 2.42. The lowest BCUT2D eigenvalue weighted by molar-refractivity contribution is -0.121. The largest absolute Gasteiger partial charge is 0.355 e. The molecular weight excluding hydrogens is 378 g/mol. The van der Waals surface area contributed by atoms with Gasteiger partial charge < -0.3 is 5.32 Å². The highest BCUT2D eigenvalue weighted by molar-refractivity contribution is 5.81. The van der Waals surface area contributed by atoms with Gasteiger partial charge in [0.15, 0.2) is 0 Å². The predicted octanol–water partition coefficient (Wildman–Crippen LogP) is 2.96. The van der Waals surface area contributed by atoms with Gasteiger partial charge in [0.25, 0.3) is 5.56 Å². The second kappa shape index (κ2) is 10.1. The first-order valence-electron chi connectivity index (χ1n) is 10.5. The summed E-state index contributed by atoms with van der Waals surface area (Å²) in [5.41, 5.74) is 0.994. The molecule has 0 unspecified atom stereocenters. The fourth-order valence-electron chi connectivity index (χ4n) is 3.47. The van der Waals surface area contributed by atoms with Crippen molar-refractivity contribution in [2.24, 2.45) is 5.92 Å². The third-order valence-electron chi connectivity index (χ3n) is 5.17. The van der Waals surface area contributed by atoms with Crippen LogP contribution < -0.4 is 16.6 Å². The van der Waals surface area contributed by atoms with Crippen LogP contribution in [0.25, 0.3) is 10.9 Å². The molecule has 0 radical (unpaired) electrons. The van der Waals surface area contributed by atoms with Gasteiger partial charge in [-0.2, -0.15) is 0 Å². The van der Waals surface area contributed by atoms with E-state index in [4.69, 9.17) is 0 Å². The van der Waals surface area contributed by atoms with Gasteiger partial charge in [-0.15, -0.1) is 0 Å². The van der Waals surface area contributed by atoms with Crippen LogP contribution in [-0.2, 0) is 24.3 Å². The van der Waals surface area contributed by atoms with Gasteiger partial charge in [-0.05, 0) is 42.9 Å². The van der Waals surface area contributed by atoms with Crippen LogP contribution in [0.1, 0.15) is 32.3 Å². The summed E-state index contributed by atoms with van der Waals surface area (Å²) in [4.78, 5) is 38.3. The van der Waals surface area contributed by atoms with Crippen LogP contribution in [0.2, 0.25) is 0 Å². The zero-order valence-corrected chi connectivity index (χ0v) is 17.6. The van der Waals surface area contributed by atoms with Crippen LogP contribution in [0.5, 0.6) is 0 Å². The number of benzene rings is 2. The van der Waals surface area contributed by atoms with Gasteiger partial charge in [0.2, 0.25) is 5.91 Å². The topological polar surface area (TPSA) is 73.1 Å². The summed E-state index contributed by atoms with van der Waals surface area (Å²) in [6.45, 7) is 4.87. The number of carbonyl (C=O) groups is 1. The number of aryl methyl sites for hydroxylation is 1. The van der Waals surface area contributed by atoms with Crippen molar-refractivity contribution in [3.63, 3.8) is 0 Å². The first kappa shape index (κ1) is 21.6. The minimum atomic E-state index is -0.432. The highest BCUT2D eigenvalue weighted by Crippen LogP contribution is 2.08. The SMILES string of the molecule is CC(C)CCn1c(=O)c2ccccc2n(CC(=O)NCCCc2ccccc2)c1=O. The molecule has 1 heterocycles. The van der Waals surface area contributed by atoms with Gasteiger partial charge in [0.1, 0.15) is 6.54 Å². The molecule has 6 heteroatoms. The van der Waals surface area contributed by atoms with Gasteiger partial charge in [-0.3, -0.25) is 18.7 Å². The molecule has 0 saturated heterocycles. The van der Waals surface area contributed by atoms with Gasteiger partial charge in [-0.25, -0.2) is 4.79 Å². The first-order valence-corrected chi connectivity index (χ1v) is 10.5. The van der Waals surface area contributed by atoms with Crippen molar-refractivity contribution < 1.29 is 4.79 Å². The Balaban J connectivity index is 1.74. The molecule has 0 aliphatic carbocycles. The lowest BCUT2D eigenvalue weighted by Gasteiger charge is -2.15. The third kappa shape index (κ3) is 5.26. The van der Waals surface area contributed by atoms with E-state index in [0.29, 0.717) is 29.9 Å². The van der Waals surface area contributed by atoms with Crippen molar-refractivity contribution in [2.45, 2.75) is 46.2 Å². The van der Waals surface area contributed by atoms with E-state index in [-0.39, 0.29) is 18.0 Å². The summed E-state index contributed by atoms with van der Waals surface area (Å²) in [5.74, 6) is 0.133. The van der Waals surface area contributed by atoms with E-state index in [1.54, 1.807) is 24.3 Å². The van der Waals surface area contributed by atoms with Crippen LogP contribution in [0.4, 0.5) is 0 Å². The van der Waals surface area contributed by atoms with Crippen LogP contribution in [0.3, 0.4) is 0 Å². The van der Waals surface area contributed by atoms with Gasteiger partial charge >= 0.3 is 5.69 Å². The van der Waals surface area contributed by atoms with E-state index in [1.807, 2.05) is 32.0 Å². The van der Waals surface area contributed by atoms with E-state index in [0.717, 1.165) is 19.3 Å². The Morgan fingerprint density at radius 2 is 1.67 bits per heavy atom. The molecule has 0 spiro atoms. The quantitative estimate of drug-likeness (QED) is 0.554. The summed E-state index contributed by atoms with van der Waals surface area (Å²) in [6, 6.07) is 17.1. The second-order valence-electron chi connectivity index (χ2n) is 7.96. The zero-order chi connectivity index (χ0) is 21.5. The monoisotopic (exact) mass is 407 g/mol. The average molecular weight is 408 g/mol. The summed E-state index contributed by atoms with van der Waals surface area (Å²) < 4.78 is 2.66. The van der Waals surface area contributed by atoms with E-state index < -0.39 is 5.69 Å². The third-order valence-corrected chi connectivity index (χ3v) is 5.17. The Morgan fingerprint density at radius 3 is 2.40 bits per heavy atom. The van der Waals surface area contributed by atoms with E-state index in [9.17, 15) is 14.4 Å². The van der Waals surface area contributed by atoms with Crippen LogP contribution in [-0.4, -0.2) is 21.6 Å². The van der Waals surface area contributed by atoms with Crippen molar-refractivity contribution in [3.05, 3.63) is 81.0 Å². The molecule has 2 aromatic carbocycles. The molecule has 0 fully saturated rings. The number of para-hydroxylation sites is 1. The van der Waals surface area contributed by atoms with Crippen LogP contribution in [0, 0.1) is 5.92 Å². The Bertz CT molecular complexity index is 1110. The molecule has 1 aromatic heterocycles. The molecule has 158 valence electrons. The normalized spacial score (nSPS) is 11.2. The second-order valence-corrected chi connectivity index (χ2v) is 7.96. The van der Waals surface area contributed by atoms with E-state index in [2.05, 4.69) is 17.4 Å².